The molecule has 0 atom stereocenters. The summed E-state index contributed by atoms with van der Waals surface area (Å²) in [7, 11) is 0. The second-order valence-corrected chi connectivity index (χ2v) is 7.43. The Kier molecular flexibility index (Phi) is 8.36. The fourth-order valence-corrected chi connectivity index (χ4v) is 3.20. The van der Waals surface area contributed by atoms with Crippen LogP contribution in [0.15, 0.2) is 103 Å². The van der Waals surface area contributed by atoms with E-state index in [9.17, 15) is 9.59 Å². The summed E-state index contributed by atoms with van der Waals surface area (Å²) < 4.78 is 4.72. The van der Waals surface area contributed by atoms with Gasteiger partial charge < -0.3 is 16.2 Å². The van der Waals surface area contributed by atoms with Gasteiger partial charge in [-0.1, -0.05) is 60.7 Å². The van der Waals surface area contributed by atoms with Crippen LogP contribution in [-0.2, 0) is 4.79 Å². The van der Waals surface area contributed by atoms with Crippen LogP contribution in [0, 0.1) is 0 Å². The van der Waals surface area contributed by atoms with Gasteiger partial charge in [-0.3, -0.25) is 9.59 Å². The van der Waals surface area contributed by atoms with Crippen LogP contribution < -0.4 is 16.2 Å². The molecule has 0 heterocycles. The van der Waals surface area contributed by atoms with E-state index in [0.717, 1.165) is 22.4 Å². The minimum absolute atomic E-state index is 0.0158. The largest absolute Gasteiger partial charge is 0.429 e. The summed E-state index contributed by atoms with van der Waals surface area (Å²) >= 11 is 0. The zero-order chi connectivity index (χ0) is 24.3. The van der Waals surface area contributed by atoms with Gasteiger partial charge in [-0.2, -0.15) is 0 Å². The van der Waals surface area contributed by atoms with Gasteiger partial charge in [0.1, 0.15) is 5.75 Å². The standard InChI is InChI=1S/C16H15NO.C13H11NO2/c1-2-3-12-4-6-13(7-5-12)16(18)14-8-10-15(17)11-9-14;14-12-5-1-10(2-6-12)11-3-7-13(8-4-11)16-9-15/h2-11H,17H2,1H3;1-9H,14H2/b3-2+;. The molecule has 4 N–H and O–H groups in total. The molecule has 0 aliphatic heterocycles. The van der Waals surface area contributed by atoms with Gasteiger partial charge >= 0.3 is 0 Å². The summed E-state index contributed by atoms with van der Waals surface area (Å²) in [5.41, 5.74) is 17.2. The maximum atomic E-state index is 12.2. The number of allylic oxidation sites excluding steroid dienone is 1. The van der Waals surface area contributed by atoms with Crippen molar-refractivity contribution in [3.8, 4) is 16.9 Å². The Labute approximate surface area is 199 Å². The van der Waals surface area contributed by atoms with Gasteiger partial charge in [0, 0.05) is 22.5 Å². The first kappa shape index (κ1) is 24.0. The fourth-order valence-electron chi connectivity index (χ4n) is 3.20. The van der Waals surface area contributed by atoms with E-state index in [-0.39, 0.29) is 5.78 Å². The highest BCUT2D eigenvalue weighted by atomic mass is 16.5. The summed E-state index contributed by atoms with van der Waals surface area (Å²) in [5, 5.41) is 0. The smallest absolute Gasteiger partial charge is 0.298 e. The minimum atomic E-state index is 0.0158. The van der Waals surface area contributed by atoms with Crippen LogP contribution in [0.1, 0.15) is 28.4 Å². The van der Waals surface area contributed by atoms with Crippen molar-refractivity contribution in [1.29, 1.82) is 0 Å². The third-order valence-electron chi connectivity index (χ3n) is 4.99. The highest BCUT2D eigenvalue weighted by molar-refractivity contribution is 6.09. The lowest BCUT2D eigenvalue weighted by Crippen LogP contribution is -2.01. The van der Waals surface area contributed by atoms with Crippen LogP contribution in [0.25, 0.3) is 17.2 Å². The van der Waals surface area contributed by atoms with E-state index >= 15 is 0 Å². The molecular formula is C29H26N2O3. The van der Waals surface area contributed by atoms with E-state index in [0.29, 0.717) is 29.0 Å². The molecule has 0 aliphatic rings. The van der Waals surface area contributed by atoms with Crippen molar-refractivity contribution in [2.75, 3.05) is 11.5 Å². The number of nitrogens with two attached hydrogens (primary N) is 2. The Morgan fingerprint density at radius 1 is 0.676 bits per heavy atom. The molecule has 0 aliphatic carbocycles. The second kappa shape index (κ2) is 11.8. The number of ketones is 1. The molecule has 0 aromatic heterocycles. The van der Waals surface area contributed by atoms with E-state index in [4.69, 9.17) is 16.2 Å². The van der Waals surface area contributed by atoms with Crippen LogP contribution in [0.2, 0.25) is 0 Å². The van der Waals surface area contributed by atoms with Crippen LogP contribution >= 0.6 is 0 Å². The molecule has 5 heteroatoms. The average Bonchev–Trinajstić information content (AvgIpc) is 2.86. The third-order valence-corrected chi connectivity index (χ3v) is 4.99. The predicted octanol–water partition coefficient (Wildman–Crippen LogP) is 6.00. The van der Waals surface area contributed by atoms with Crippen molar-refractivity contribution in [3.05, 3.63) is 120 Å². The van der Waals surface area contributed by atoms with Crippen LogP contribution in [0.5, 0.6) is 5.75 Å². The summed E-state index contributed by atoms with van der Waals surface area (Å²) in [5.74, 6) is 0.552. The number of ether oxygens (including phenoxy) is 1. The van der Waals surface area contributed by atoms with E-state index in [2.05, 4.69) is 0 Å². The molecular weight excluding hydrogens is 424 g/mol. The van der Waals surface area contributed by atoms with Gasteiger partial charge in [-0.25, -0.2) is 0 Å². The SMILES string of the molecule is C/C=C/c1ccc(C(=O)c2ccc(N)cc2)cc1.Nc1ccc(-c2ccc(OC=O)cc2)cc1. The number of rotatable bonds is 6. The number of nitrogen functional groups attached to an aromatic ring is 2. The molecule has 170 valence electrons. The Hall–Kier alpha value is -4.64. The highest BCUT2D eigenvalue weighted by Crippen LogP contribution is 2.23. The molecule has 0 unspecified atom stereocenters. The lowest BCUT2D eigenvalue weighted by Gasteiger charge is -2.03. The summed E-state index contributed by atoms with van der Waals surface area (Å²) in [4.78, 5) is 22.3. The first-order valence-corrected chi connectivity index (χ1v) is 10.7. The number of benzene rings is 4. The van der Waals surface area contributed by atoms with Crippen molar-refractivity contribution < 1.29 is 14.3 Å². The predicted molar refractivity (Wildman–Crippen MR) is 138 cm³/mol. The van der Waals surface area contributed by atoms with Crippen molar-refractivity contribution in [3.63, 3.8) is 0 Å². The Morgan fingerprint density at radius 3 is 1.59 bits per heavy atom. The van der Waals surface area contributed by atoms with E-state index in [1.165, 1.54) is 0 Å². The number of hydrogen-bond donors (Lipinski definition) is 2. The maximum absolute atomic E-state index is 12.2. The minimum Gasteiger partial charge on any atom is -0.429 e. The normalized spacial score (nSPS) is 10.3. The molecule has 0 amide bonds. The van der Waals surface area contributed by atoms with Crippen molar-refractivity contribution in [2.45, 2.75) is 6.92 Å². The van der Waals surface area contributed by atoms with Crippen LogP contribution in [0.3, 0.4) is 0 Å². The quantitative estimate of drug-likeness (QED) is 0.213. The van der Waals surface area contributed by atoms with E-state index in [1.54, 1.807) is 36.4 Å². The Bertz CT molecular complexity index is 1240. The van der Waals surface area contributed by atoms with Gasteiger partial charge in [0.05, 0.1) is 0 Å². The second-order valence-electron chi connectivity index (χ2n) is 7.43. The zero-order valence-electron chi connectivity index (χ0n) is 18.8. The molecule has 0 spiro atoms. The topological polar surface area (TPSA) is 95.4 Å². The fraction of sp³-hybridized carbons (Fsp3) is 0.0345. The van der Waals surface area contributed by atoms with Crippen molar-refractivity contribution in [2.24, 2.45) is 0 Å². The average molecular weight is 451 g/mol. The van der Waals surface area contributed by atoms with Crippen molar-refractivity contribution in [1.82, 2.24) is 0 Å². The Balaban J connectivity index is 0.000000192. The van der Waals surface area contributed by atoms with E-state index in [1.807, 2.05) is 79.7 Å². The molecule has 4 aromatic carbocycles. The Morgan fingerprint density at radius 2 is 1.12 bits per heavy atom. The van der Waals surface area contributed by atoms with E-state index < -0.39 is 0 Å². The highest BCUT2D eigenvalue weighted by Gasteiger charge is 2.08. The van der Waals surface area contributed by atoms with Crippen LogP contribution in [-0.4, -0.2) is 12.3 Å². The maximum Gasteiger partial charge on any atom is 0.298 e. The lowest BCUT2D eigenvalue weighted by molar-refractivity contribution is -0.120. The summed E-state index contributed by atoms with van der Waals surface area (Å²) in [6.07, 6.45) is 3.97. The zero-order valence-corrected chi connectivity index (χ0v) is 18.8. The van der Waals surface area contributed by atoms with Gasteiger partial charge in [-0.05, 0) is 72.1 Å². The summed E-state index contributed by atoms with van der Waals surface area (Å²) in [6.45, 7) is 2.38. The van der Waals surface area contributed by atoms with Gasteiger partial charge in [0.25, 0.3) is 6.47 Å². The molecule has 4 rings (SSSR count). The molecule has 4 aromatic rings. The monoisotopic (exact) mass is 450 g/mol. The first-order chi connectivity index (χ1) is 16.5. The number of carbonyl (C=O) groups is 2. The number of carbonyl (C=O) groups excluding carboxylic acids is 2. The first-order valence-electron chi connectivity index (χ1n) is 10.7. The lowest BCUT2D eigenvalue weighted by atomic mass is 10.0. The molecule has 0 bridgehead atoms. The number of anilines is 2. The molecule has 0 saturated heterocycles. The molecule has 0 saturated carbocycles. The molecule has 5 nitrogen and oxygen atoms in total. The molecule has 0 radical (unpaired) electrons. The van der Waals surface area contributed by atoms with Gasteiger partial charge in [-0.15, -0.1) is 0 Å². The number of hydrogen-bond acceptors (Lipinski definition) is 5. The summed E-state index contributed by atoms with van der Waals surface area (Å²) in [6, 6.07) is 29.4. The van der Waals surface area contributed by atoms with Crippen LogP contribution in [0.4, 0.5) is 11.4 Å². The molecule has 34 heavy (non-hydrogen) atoms. The van der Waals surface area contributed by atoms with Gasteiger partial charge in [0.2, 0.25) is 0 Å². The van der Waals surface area contributed by atoms with Gasteiger partial charge in [0.15, 0.2) is 5.78 Å². The van der Waals surface area contributed by atoms with Crippen molar-refractivity contribution >= 4 is 29.7 Å². The molecule has 0 fully saturated rings. The third kappa shape index (κ3) is 6.68.